The number of anilines is 1. The third-order valence-electron chi connectivity index (χ3n) is 3.94. The first-order valence-corrected chi connectivity index (χ1v) is 6.68. The Kier molecular flexibility index (Phi) is 3.24. The number of halogens is 1. The van der Waals surface area contributed by atoms with Crippen molar-refractivity contribution in [1.82, 2.24) is 5.32 Å². The van der Waals surface area contributed by atoms with Crippen LogP contribution in [0.1, 0.15) is 37.3 Å². The van der Waals surface area contributed by atoms with Crippen molar-refractivity contribution in [3.8, 4) is 0 Å². The molecule has 0 aromatic heterocycles. The van der Waals surface area contributed by atoms with Crippen LogP contribution in [0.2, 0.25) is 0 Å². The van der Waals surface area contributed by atoms with Crippen molar-refractivity contribution in [2.45, 2.75) is 43.9 Å². The molecule has 1 saturated carbocycles. The van der Waals surface area contributed by atoms with Crippen molar-refractivity contribution in [3.05, 3.63) is 29.6 Å². The third-order valence-corrected chi connectivity index (χ3v) is 3.94. The van der Waals surface area contributed by atoms with Gasteiger partial charge in [-0.25, -0.2) is 4.39 Å². The molecule has 1 atom stereocenters. The lowest BCUT2D eigenvalue weighted by molar-refractivity contribution is -0.118. The maximum Gasteiger partial charge on any atom is 0.246 e. The predicted molar refractivity (Wildman–Crippen MR) is 69.2 cm³/mol. The zero-order valence-electron chi connectivity index (χ0n) is 10.5. The van der Waals surface area contributed by atoms with E-state index in [0.717, 1.165) is 25.7 Å². The molecule has 1 aliphatic heterocycles. The molecule has 1 aromatic carbocycles. The van der Waals surface area contributed by atoms with Gasteiger partial charge in [0.15, 0.2) is 0 Å². The van der Waals surface area contributed by atoms with Gasteiger partial charge >= 0.3 is 0 Å². The van der Waals surface area contributed by atoms with E-state index in [1.807, 2.05) is 0 Å². The highest BCUT2D eigenvalue weighted by atomic mass is 19.1. The van der Waals surface area contributed by atoms with Gasteiger partial charge in [-0.1, -0.05) is 0 Å². The summed E-state index contributed by atoms with van der Waals surface area (Å²) in [6.45, 7) is 0. The van der Waals surface area contributed by atoms with E-state index >= 15 is 0 Å². The van der Waals surface area contributed by atoms with E-state index in [1.54, 1.807) is 6.07 Å². The zero-order chi connectivity index (χ0) is 13.4. The number of hydrogen-bond donors (Lipinski definition) is 3. The lowest BCUT2D eigenvalue weighted by Crippen LogP contribution is -2.39. The Labute approximate surface area is 111 Å². The van der Waals surface area contributed by atoms with Crippen molar-refractivity contribution in [2.75, 3.05) is 5.32 Å². The molecule has 102 valence electrons. The first-order chi connectivity index (χ1) is 9.13. The molecule has 0 saturated heterocycles. The van der Waals surface area contributed by atoms with Gasteiger partial charge in [-0.05, 0) is 43.9 Å². The normalized spacial score (nSPS) is 30.0. The first kappa shape index (κ1) is 12.6. The molecule has 3 N–H and O–H groups in total. The van der Waals surface area contributed by atoms with E-state index in [4.69, 9.17) is 0 Å². The molecule has 0 radical (unpaired) electrons. The Hall–Kier alpha value is -1.46. The van der Waals surface area contributed by atoms with E-state index < -0.39 is 6.04 Å². The molecule has 1 aromatic rings. The lowest BCUT2D eigenvalue weighted by atomic mass is 9.92. The summed E-state index contributed by atoms with van der Waals surface area (Å²) in [4.78, 5) is 11.9. The van der Waals surface area contributed by atoms with E-state index in [1.165, 1.54) is 12.1 Å². The summed E-state index contributed by atoms with van der Waals surface area (Å²) in [6, 6.07) is 4.06. The molecule has 4 nitrogen and oxygen atoms in total. The van der Waals surface area contributed by atoms with Gasteiger partial charge in [-0.2, -0.15) is 0 Å². The Morgan fingerprint density at radius 1 is 1.26 bits per heavy atom. The second kappa shape index (κ2) is 4.90. The molecule has 0 spiro atoms. The fourth-order valence-corrected chi connectivity index (χ4v) is 2.88. The van der Waals surface area contributed by atoms with Crippen LogP contribution in [0.4, 0.5) is 10.1 Å². The summed E-state index contributed by atoms with van der Waals surface area (Å²) in [5, 5.41) is 15.5. The Morgan fingerprint density at radius 3 is 2.74 bits per heavy atom. The van der Waals surface area contributed by atoms with Gasteiger partial charge in [-0.3, -0.25) is 10.1 Å². The Morgan fingerprint density at radius 2 is 2.00 bits per heavy atom. The number of carbonyl (C=O) groups excluding carboxylic acids is 1. The molecule has 1 fully saturated rings. The quantitative estimate of drug-likeness (QED) is 0.762. The van der Waals surface area contributed by atoms with Crippen LogP contribution < -0.4 is 10.6 Å². The molecule has 1 aliphatic carbocycles. The monoisotopic (exact) mass is 264 g/mol. The number of benzene rings is 1. The zero-order valence-corrected chi connectivity index (χ0v) is 10.5. The first-order valence-electron chi connectivity index (χ1n) is 6.68. The maximum absolute atomic E-state index is 13.3. The molecular weight excluding hydrogens is 247 g/mol. The molecule has 3 rings (SSSR count). The molecule has 1 unspecified atom stereocenters. The second-order valence-electron chi connectivity index (χ2n) is 5.33. The highest BCUT2D eigenvalue weighted by Gasteiger charge is 2.33. The number of aliphatic hydroxyl groups is 1. The minimum Gasteiger partial charge on any atom is -0.393 e. The van der Waals surface area contributed by atoms with Crippen LogP contribution in [0.5, 0.6) is 0 Å². The summed E-state index contributed by atoms with van der Waals surface area (Å²) in [7, 11) is 0. The SMILES string of the molecule is O=C1Nc2ccc(F)cc2C1NC1CCC(O)CC1. The third kappa shape index (κ3) is 2.48. The summed E-state index contributed by atoms with van der Waals surface area (Å²) in [6.07, 6.45) is 2.97. The highest BCUT2D eigenvalue weighted by Crippen LogP contribution is 2.32. The fraction of sp³-hybridized carbons (Fsp3) is 0.500. The van der Waals surface area contributed by atoms with Gasteiger partial charge < -0.3 is 10.4 Å². The average molecular weight is 264 g/mol. The number of amides is 1. The minimum atomic E-state index is -0.481. The van der Waals surface area contributed by atoms with Gasteiger partial charge in [0.2, 0.25) is 5.91 Å². The second-order valence-corrected chi connectivity index (χ2v) is 5.33. The van der Waals surface area contributed by atoms with Crippen LogP contribution in [0.15, 0.2) is 18.2 Å². The van der Waals surface area contributed by atoms with Gasteiger partial charge in [-0.15, -0.1) is 0 Å². The molecule has 19 heavy (non-hydrogen) atoms. The lowest BCUT2D eigenvalue weighted by Gasteiger charge is -2.28. The van der Waals surface area contributed by atoms with Crippen LogP contribution >= 0.6 is 0 Å². The maximum atomic E-state index is 13.3. The minimum absolute atomic E-state index is 0.133. The smallest absolute Gasteiger partial charge is 0.246 e. The number of rotatable bonds is 2. The standard InChI is InChI=1S/C14H17FN2O2/c15-8-1-6-12-11(7-8)13(14(19)17-12)16-9-2-4-10(18)5-3-9/h1,6-7,9-10,13,16,18H,2-5H2,(H,17,19). The molecule has 1 heterocycles. The summed E-state index contributed by atoms with van der Waals surface area (Å²) < 4.78 is 13.3. The fourth-order valence-electron chi connectivity index (χ4n) is 2.88. The molecule has 5 heteroatoms. The van der Waals surface area contributed by atoms with Crippen molar-refractivity contribution >= 4 is 11.6 Å². The van der Waals surface area contributed by atoms with Gasteiger partial charge in [0.05, 0.1) is 6.10 Å². The average Bonchev–Trinajstić information content (AvgIpc) is 2.69. The Balaban J connectivity index is 1.75. The van der Waals surface area contributed by atoms with Crippen LogP contribution in [0, 0.1) is 5.82 Å². The molecule has 2 aliphatic rings. The number of carbonyl (C=O) groups is 1. The topological polar surface area (TPSA) is 61.4 Å². The summed E-state index contributed by atoms with van der Waals surface area (Å²) in [5.74, 6) is -0.465. The van der Waals surface area contributed by atoms with Crippen molar-refractivity contribution in [1.29, 1.82) is 0 Å². The van der Waals surface area contributed by atoms with Gasteiger partial charge in [0, 0.05) is 17.3 Å². The number of hydrogen-bond acceptors (Lipinski definition) is 3. The van der Waals surface area contributed by atoms with Crippen LogP contribution in [-0.2, 0) is 4.79 Å². The van der Waals surface area contributed by atoms with Crippen LogP contribution in [0.3, 0.4) is 0 Å². The Bertz CT molecular complexity index is 498. The summed E-state index contributed by atoms with van der Waals surface area (Å²) >= 11 is 0. The van der Waals surface area contributed by atoms with E-state index in [0.29, 0.717) is 11.3 Å². The van der Waals surface area contributed by atoms with Crippen molar-refractivity contribution in [2.24, 2.45) is 0 Å². The number of aliphatic hydroxyl groups excluding tert-OH is 1. The summed E-state index contributed by atoms with van der Waals surface area (Å²) in [5.41, 5.74) is 1.36. The molecular formula is C14H17FN2O2. The molecule has 0 bridgehead atoms. The largest absolute Gasteiger partial charge is 0.393 e. The van der Waals surface area contributed by atoms with Gasteiger partial charge in [0.1, 0.15) is 11.9 Å². The van der Waals surface area contributed by atoms with Crippen LogP contribution in [0.25, 0.3) is 0 Å². The van der Waals surface area contributed by atoms with E-state index in [-0.39, 0.29) is 23.9 Å². The predicted octanol–water partition coefficient (Wildman–Crippen LogP) is 1.71. The van der Waals surface area contributed by atoms with Crippen molar-refractivity contribution in [3.63, 3.8) is 0 Å². The van der Waals surface area contributed by atoms with Crippen molar-refractivity contribution < 1.29 is 14.3 Å². The van der Waals surface area contributed by atoms with E-state index in [9.17, 15) is 14.3 Å². The molecule has 1 amide bonds. The highest BCUT2D eigenvalue weighted by molar-refractivity contribution is 6.02. The van der Waals surface area contributed by atoms with Gasteiger partial charge in [0.25, 0.3) is 0 Å². The van der Waals surface area contributed by atoms with E-state index in [2.05, 4.69) is 10.6 Å². The van der Waals surface area contributed by atoms with Crippen LogP contribution in [-0.4, -0.2) is 23.2 Å². The number of nitrogens with one attached hydrogen (secondary N) is 2. The number of fused-ring (bicyclic) bond motifs is 1.